The summed E-state index contributed by atoms with van der Waals surface area (Å²) in [7, 11) is 3.25. The van der Waals surface area contributed by atoms with E-state index in [2.05, 4.69) is 9.98 Å². The van der Waals surface area contributed by atoms with Gasteiger partial charge in [0.15, 0.2) is 0 Å². The second-order valence-corrected chi connectivity index (χ2v) is 2.46. The molecule has 0 amide bonds. The van der Waals surface area contributed by atoms with Gasteiger partial charge in [-0.1, -0.05) is 27.7 Å². The van der Waals surface area contributed by atoms with Crippen LogP contribution in [0.2, 0.25) is 0 Å². The lowest BCUT2D eigenvalue weighted by Crippen LogP contribution is -2.15. The molecule has 0 radical (unpaired) electrons. The summed E-state index contributed by atoms with van der Waals surface area (Å²) in [5.41, 5.74) is 1.53. The van der Waals surface area contributed by atoms with Crippen LogP contribution in [0.25, 0.3) is 0 Å². The third kappa shape index (κ3) is 5.80. The van der Waals surface area contributed by atoms with Crippen molar-refractivity contribution in [2.45, 2.75) is 27.7 Å². The van der Waals surface area contributed by atoms with Crippen LogP contribution < -0.4 is 0 Å². The van der Waals surface area contributed by atoms with E-state index in [4.69, 9.17) is 5.11 Å². The van der Waals surface area contributed by atoms with E-state index in [1.165, 1.54) is 12.2 Å². The Kier molecular flexibility index (Phi) is 11.2. The van der Waals surface area contributed by atoms with Crippen molar-refractivity contribution in [1.29, 1.82) is 0 Å². The van der Waals surface area contributed by atoms with Gasteiger partial charge in [0.25, 0.3) is 0 Å². The fourth-order valence-corrected chi connectivity index (χ4v) is 1.02. The van der Waals surface area contributed by atoms with Crippen molar-refractivity contribution in [3.63, 3.8) is 0 Å². The molecule has 0 unspecified atom stereocenters. The Labute approximate surface area is 103 Å². The average Bonchev–Trinajstić information content (AvgIpc) is 2.42. The maximum absolute atomic E-state index is 10.6. The number of allylic oxidation sites excluding steroid dienone is 2. The van der Waals surface area contributed by atoms with Crippen LogP contribution in [0.5, 0.6) is 0 Å². The van der Waals surface area contributed by atoms with E-state index >= 15 is 0 Å². The summed E-state index contributed by atoms with van der Waals surface area (Å²) in [6.07, 6.45) is 4.66. The van der Waals surface area contributed by atoms with Crippen LogP contribution in [0.1, 0.15) is 27.7 Å². The summed E-state index contributed by atoms with van der Waals surface area (Å²) in [5.74, 6) is -0.951. The van der Waals surface area contributed by atoms with Gasteiger partial charge >= 0.3 is 5.97 Å². The van der Waals surface area contributed by atoms with Gasteiger partial charge in [0.1, 0.15) is 0 Å². The van der Waals surface area contributed by atoms with E-state index in [1.807, 2.05) is 27.7 Å². The van der Waals surface area contributed by atoms with E-state index in [0.29, 0.717) is 11.4 Å². The maximum atomic E-state index is 10.6. The van der Waals surface area contributed by atoms with Crippen molar-refractivity contribution >= 4 is 17.4 Å². The Balaban J connectivity index is 0. The molecule has 4 nitrogen and oxygen atoms in total. The number of carboxylic acids is 1. The van der Waals surface area contributed by atoms with Crippen molar-refractivity contribution in [2.24, 2.45) is 9.98 Å². The summed E-state index contributed by atoms with van der Waals surface area (Å²) in [6, 6.07) is 0. The van der Waals surface area contributed by atoms with Gasteiger partial charge in [0.05, 0.1) is 17.0 Å². The molecule has 96 valence electrons. The molecule has 0 aromatic heterocycles. The quantitative estimate of drug-likeness (QED) is 0.714. The average molecular weight is 238 g/mol. The second kappa shape index (κ2) is 10.8. The van der Waals surface area contributed by atoms with Crippen LogP contribution in [0.3, 0.4) is 0 Å². The molecule has 0 bridgehead atoms. The zero-order chi connectivity index (χ0) is 13.8. The predicted molar refractivity (Wildman–Crippen MR) is 74.3 cm³/mol. The molecule has 1 aliphatic carbocycles. The van der Waals surface area contributed by atoms with Crippen molar-refractivity contribution in [1.82, 2.24) is 0 Å². The van der Waals surface area contributed by atoms with Gasteiger partial charge in [-0.05, 0) is 18.2 Å². The van der Waals surface area contributed by atoms with Gasteiger partial charge in [0, 0.05) is 14.1 Å². The lowest BCUT2D eigenvalue weighted by Gasteiger charge is -2.06. The van der Waals surface area contributed by atoms with Crippen molar-refractivity contribution < 1.29 is 9.90 Å². The molecular formula is C13H22N2O2. The van der Waals surface area contributed by atoms with E-state index in [0.717, 1.165) is 0 Å². The first-order valence-electron chi connectivity index (χ1n) is 5.76. The first-order valence-corrected chi connectivity index (χ1v) is 5.76. The molecule has 1 N–H and O–H groups in total. The zero-order valence-corrected chi connectivity index (χ0v) is 11.5. The topological polar surface area (TPSA) is 62.0 Å². The monoisotopic (exact) mass is 238 g/mol. The molecule has 0 aromatic carbocycles. The van der Waals surface area contributed by atoms with Crippen LogP contribution in [0.4, 0.5) is 0 Å². The fraction of sp³-hybridized carbons (Fsp3) is 0.462. The SMILES string of the molecule is CC.CC.CN=C1C=CC(C(=O)O)=CC1=NC. The Morgan fingerprint density at radius 1 is 1.00 bits per heavy atom. The largest absolute Gasteiger partial charge is 0.478 e. The summed E-state index contributed by atoms with van der Waals surface area (Å²) < 4.78 is 0. The first-order chi connectivity index (χ1) is 8.19. The Morgan fingerprint density at radius 2 is 1.47 bits per heavy atom. The van der Waals surface area contributed by atoms with Gasteiger partial charge in [0.2, 0.25) is 0 Å². The van der Waals surface area contributed by atoms with E-state index < -0.39 is 5.97 Å². The highest BCUT2D eigenvalue weighted by molar-refractivity contribution is 6.51. The third-order valence-corrected chi connectivity index (χ3v) is 1.70. The number of carbonyl (C=O) groups is 1. The van der Waals surface area contributed by atoms with Gasteiger partial charge in [-0.25, -0.2) is 4.79 Å². The zero-order valence-electron chi connectivity index (χ0n) is 11.5. The fourth-order valence-electron chi connectivity index (χ4n) is 1.02. The molecule has 0 heterocycles. The van der Waals surface area contributed by atoms with Gasteiger partial charge in [-0.15, -0.1) is 0 Å². The van der Waals surface area contributed by atoms with Crippen LogP contribution in [-0.4, -0.2) is 36.6 Å². The van der Waals surface area contributed by atoms with Crippen molar-refractivity contribution in [3.8, 4) is 0 Å². The minimum absolute atomic E-state index is 0.230. The van der Waals surface area contributed by atoms with Crippen molar-refractivity contribution in [3.05, 3.63) is 23.8 Å². The standard InChI is InChI=1S/C9H10N2O2.2C2H6/c1-10-7-4-3-6(9(12)13)5-8(7)11-2;2*1-2/h3-5H,1-2H3,(H,12,13);2*1-2H3. The third-order valence-electron chi connectivity index (χ3n) is 1.70. The molecule has 4 heteroatoms. The highest BCUT2D eigenvalue weighted by Gasteiger charge is 2.12. The molecule has 1 aliphatic rings. The van der Waals surface area contributed by atoms with Gasteiger partial charge in [-0.2, -0.15) is 0 Å². The van der Waals surface area contributed by atoms with Gasteiger partial charge in [-0.3, -0.25) is 9.98 Å². The first kappa shape index (κ1) is 17.7. The molecule has 0 saturated heterocycles. The Hall–Kier alpha value is -1.71. The lowest BCUT2D eigenvalue weighted by atomic mass is 10.0. The van der Waals surface area contributed by atoms with E-state index in [9.17, 15) is 4.79 Å². The van der Waals surface area contributed by atoms with Crippen molar-refractivity contribution in [2.75, 3.05) is 14.1 Å². The van der Waals surface area contributed by atoms with Gasteiger partial charge < -0.3 is 5.11 Å². The van der Waals surface area contributed by atoms with Crippen LogP contribution in [0, 0.1) is 0 Å². The summed E-state index contributed by atoms with van der Waals surface area (Å²) in [4.78, 5) is 18.5. The normalized spacial score (nSPS) is 17.6. The molecular weight excluding hydrogens is 216 g/mol. The molecule has 0 spiro atoms. The number of hydrogen-bond donors (Lipinski definition) is 1. The highest BCUT2D eigenvalue weighted by Crippen LogP contribution is 2.06. The second-order valence-electron chi connectivity index (χ2n) is 2.46. The molecule has 0 aliphatic heterocycles. The number of carboxylic acid groups (broad SMARTS) is 1. The van der Waals surface area contributed by atoms with Crippen LogP contribution in [0.15, 0.2) is 33.8 Å². The lowest BCUT2D eigenvalue weighted by molar-refractivity contribution is -0.132. The number of hydrogen-bond acceptors (Lipinski definition) is 3. The summed E-state index contributed by atoms with van der Waals surface area (Å²) in [5, 5.41) is 8.70. The number of nitrogens with zero attached hydrogens (tertiary/aromatic N) is 2. The van der Waals surface area contributed by atoms with E-state index in [1.54, 1.807) is 20.2 Å². The summed E-state index contributed by atoms with van der Waals surface area (Å²) >= 11 is 0. The van der Waals surface area contributed by atoms with Crippen LogP contribution in [-0.2, 0) is 4.79 Å². The molecule has 17 heavy (non-hydrogen) atoms. The molecule has 1 rings (SSSR count). The minimum Gasteiger partial charge on any atom is -0.478 e. The number of aliphatic carboxylic acids is 1. The maximum Gasteiger partial charge on any atom is 0.335 e. The Bertz CT molecular complexity index is 350. The smallest absolute Gasteiger partial charge is 0.335 e. The highest BCUT2D eigenvalue weighted by atomic mass is 16.4. The Morgan fingerprint density at radius 3 is 1.82 bits per heavy atom. The molecule has 0 atom stereocenters. The molecule has 0 aromatic rings. The summed E-state index contributed by atoms with van der Waals surface area (Å²) in [6.45, 7) is 8.00. The van der Waals surface area contributed by atoms with E-state index in [-0.39, 0.29) is 5.57 Å². The predicted octanol–water partition coefficient (Wildman–Crippen LogP) is 2.76. The molecule has 0 saturated carbocycles. The number of rotatable bonds is 1. The van der Waals surface area contributed by atoms with Crippen LogP contribution >= 0.6 is 0 Å². The molecule has 0 fully saturated rings. The number of aliphatic imine (C=N–C) groups is 2. The minimum atomic E-state index is -0.951.